The Labute approximate surface area is 152 Å². The van der Waals surface area contributed by atoms with E-state index in [9.17, 15) is 0 Å². The summed E-state index contributed by atoms with van der Waals surface area (Å²) in [5.41, 5.74) is 8.28. The van der Waals surface area contributed by atoms with E-state index < -0.39 is 0 Å². The van der Waals surface area contributed by atoms with E-state index in [2.05, 4.69) is 16.0 Å². The van der Waals surface area contributed by atoms with E-state index in [1.54, 1.807) is 0 Å². The van der Waals surface area contributed by atoms with E-state index in [0.29, 0.717) is 12.5 Å². The van der Waals surface area contributed by atoms with E-state index in [4.69, 9.17) is 10.2 Å². The minimum absolute atomic E-state index is 0. The van der Waals surface area contributed by atoms with E-state index in [0.717, 1.165) is 42.4 Å². The number of nitrogens with two attached hydrogens (primary N) is 1. The molecule has 1 fully saturated rings. The molecule has 2 N–H and O–H groups in total. The number of guanidine groups is 1. The summed E-state index contributed by atoms with van der Waals surface area (Å²) in [6.45, 7) is 4.74. The minimum atomic E-state index is 0. The summed E-state index contributed by atoms with van der Waals surface area (Å²) < 4.78 is 5.78. The molecule has 1 aromatic heterocycles. The standard InChI is InChI=1S/C16H21N3OS.HI/c1-12-13(14-4-2-3-5-15(14)20-12)6-7-18-16(17)19-8-10-21-11-9-19;/h2-5H,6-11H2,1H3,(H2,17,18);1H. The number of rotatable bonds is 3. The van der Waals surface area contributed by atoms with Crippen molar-refractivity contribution < 1.29 is 4.42 Å². The summed E-state index contributed by atoms with van der Waals surface area (Å²) in [6, 6.07) is 8.16. The van der Waals surface area contributed by atoms with E-state index >= 15 is 0 Å². The zero-order valence-electron chi connectivity index (χ0n) is 12.7. The number of hydrogen-bond donors (Lipinski definition) is 1. The molecule has 1 saturated heterocycles. The van der Waals surface area contributed by atoms with Gasteiger partial charge in [-0.15, -0.1) is 24.0 Å². The number of nitrogens with zero attached hydrogens (tertiary/aromatic N) is 2. The third kappa shape index (κ3) is 3.90. The van der Waals surface area contributed by atoms with Gasteiger partial charge in [-0.2, -0.15) is 11.8 Å². The van der Waals surface area contributed by atoms with Gasteiger partial charge in [0, 0.05) is 42.1 Å². The lowest BCUT2D eigenvalue weighted by atomic mass is 10.1. The summed E-state index contributed by atoms with van der Waals surface area (Å²) in [5.74, 6) is 3.95. The third-order valence-electron chi connectivity index (χ3n) is 3.87. The quantitative estimate of drug-likeness (QED) is 0.461. The largest absolute Gasteiger partial charge is 0.461 e. The molecule has 1 aliphatic heterocycles. The number of aryl methyl sites for hydroxylation is 1. The molecule has 6 heteroatoms. The topological polar surface area (TPSA) is 54.8 Å². The van der Waals surface area contributed by atoms with Gasteiger partial charge in [-0.1, -0.05) is 18.2 Å². The fourth-order valence-electron chi connectivity index (χ4n) is 2.71. The minimum Gasteiger partial charge on any atom is -0.461 e. The van der Waals surface area contributed by atoms with Crippen LogP contribution in [0.25, 0.3) is 11.0 Å². The molecular formula is C16H22IN3OS. The van der Waals surface area contributed by atoms with Gasteiger partial charge < -0.3 is 15.1 Å². The van der Waals surface area contributed by atoms with Crippen molar-refractivity contribution in [2.75, 3.05) is 31.1 Å². The highest BCUT2D eigenvalue weighted by Gasteiger charge is 2.13. The highest BCUT2D eigenvalue weighted by molar-refractivity contribution is 14.0. The van der Waals surface area contributed by atoms with Crippen LogP contribution in [0.4, 0.5) is 0 Å². The Kier molecular flexibility index (Phi) is 6.43. The second-order valence-corrected chi connectivity index (χ2v) is 6.45. The van der Waals surface area contributed by atoms with E-state index in [1.807, 2.05) is 36.9 Å². The van der Waals surface area contributed by atoms with Crippen molar-refractivity contribution in [1.29, 1.82) is 0 Å². The van der Waals surface area contributed by atoms with Crippen molar-refractivity contribution in [2.24, 2.45) is 10.7 Å². The summed E-state index contributed by atoms with van der Waals surface area (Å²) >= 11 is 1.98. The molecule has 2 aromatic rings. The number of fused-ring (bicyclic) bond motifs is 1. The van der Waals surface area contributed by atoms with Crippen LogP contribution in [0.3, 0.4) is 0 Å². The second kappa shape index (κ2) is 8.10. The molecule has 0 amide bonds. The molecule has 0 spiro atoms. The lowest BCUT2D eigenvalue weighted by molar-refractivity contribution is 0.456. The smallest absolute Gasteiger partial charge is 0.191 e. The van der Waals surface area contributed by atoms with Crippen LogP contribution in [0.1, 0.15) is 11.3 Å². The number of furan rings is 1. The number of aliphatic imine (C=N–C) groups is 1. The summed E-state index contributed by atoms with van der Waals surface area (Å²) in [7, 11) is 0. The van der Waals surface area contributed by atoms with E-state index in [-0.39, 0.29) is 24.0 Å². The Bertz CT molecular complexity index is 650. The van der Waals surface area contributed by atoms with Crippen molar-refractivity contribution in [3.63, 3.8) is 0 Å². The molecule has 0 bridgehead atoms. The second-order valence-electron chi connectivity index (χ2n) is 5.22. The van der Waals surface area contributed by atoms with Crippen LogP contribution in [0.2, 0.25) is 0 Å². The molecule has 0 radical (unpaired) electrons. The molecule has 2 heterocycles. The molecule has 1 aliphatic rings. The molecule has 1 aromatic carbocycles. The van der Waals surface area contributed by atoms with Gasteiger partial charge in [0.1, 0.15) is 11.3 Å². The molecular weight excluding hydrogens is 409 g/mol. The van der Waals surface area contributed by atoms with Crippen LogP contribution in [0, 0.1) is 6.92 Å². The molecule has 4 nitrogen and oxygen atoms in total. The predicted octanol–water partition coefficient (Wildman–Crippen LogP) is 3.27. The van der Waals surface area contributed by atoms with Gasteiger partial charge in [0.05, 0.1) is 0 Å². The Morgan fingerprint density at radius 2 is 2.05 bits per heavy atom. The molecule has 120 valence electrons. The SMILES string of the molecule is Cc1oc2ccccc2c1CCN=C(N)N1CCSCC1.I. The summed E-state index contributed by atoms with van der Waals surface area (Å²) in [5, 5.41) is 1.19. The number of hydrogen-bond acceptors (Lipinski definition) is 3. The highest BCUT2D eigenvalue weighted by Crippen LogP contribution is 2.25. The molecule has 0 aliphatic carbocycles. The first-order valence-electron chi connectivity index (χ1n) is 7.35. The highest BCUT2D eigenvalue weighted by atomic mass is 127. The Balaban J connectivity index is 0.00000176. The first kappa shape index (κ1) is 17.5. The zero-order valence-corrected chi connectivity index (χ0v) is 15.9. The maximum atomic E-state index is 6.08. The average molecular weight is 431 g/mol. The van der Waals surface area contributed by atoms with Crippen LogP contribution >= 0.6 is 35.7 Å². The van der Waals surface area contributed by atoms with Crippen LogP contribution in [0.15, 0.2) is 33.7 Å². The Hall–Kier alpha value is -0.890. The molecule has 22 heavy (non-hydrogen) atoms. The van der Waals surface area contributed by atoms with Gasteiger partial charge in [-0.3, -0.25) is 4.99 Å². The first-order valence-corrected chi connectivity index (χ1v) is 8.51. The predicted molar refractivity (Wildman–Crippen MR) is 105 cm³/mol. The van der Waals surface area contributed by atoms with Gasteiger partial charge in [-0.05, 0) is 19.4 Å². The maximum absolute atomic E-state index is 6.08. The monoisotopic (exact) mass is 431 g/mol. The lowest BCUT2D eigenvalue weighted by Crippen LogP contribution is -2.42. The summed E-state index contributed by atoms with van der Waals surface area (Å²) in [6.07, 6.45) is 0.867. The van der Waals surface area contributed by atoms with Crippen molar-refractivity contribution in [3.8, 4) is 0 Å². The van der Waals surface area contributed by atoms with Crippen LogP contribution in [-0.4, -0.2) is 42.0 Å². The first-order chi connectivity index (χ1) is 10.3. The van der Waals surface area contributed by atoms with Gasteiger partial charge in [0.2, 0.25) is 0 Å². The van der Waals surface area contributed by atoms with Crippen LogP contribution in [-0.2, 0) is 6.42 Å². The molecule has 0 saturated carbocycles. The van der Waals surface area contributed by atoms with Crippen molar-refractivity contribution >= 4 is 52.7 Å². The van der Waals surface area contributed by atoms with Gasteiger partial charge in [0.25, 0.3) is 0 Å². The Morgan fingerprint density at radius 3 is 2.82 bits per heavy atom. The number of benzene rings is 1. The van der Waals surface area contributed by atoms with Crippen LogP contribution < -0.4 is 5.73 Å². The summed E-state index contributed by atoms with van der Waals surface area (Å²) in [4.78, 5) is 6.72. The van der Waals surface area contributed by atoms with Crippen LogP contribution in [0.5, 0.6) is 0 Å². The van der Waals surface area contributed by atoms with Crippen molar-refractivity contribution in [3.05, 3.63) is 35.6 Å². The van der Waals surface area contributed by atoms with Gasteiger partial charge in [0.15, 0.2) is 5.96 Å². The maximum Gasteiger partial charge on any atom is 0.191 e. The zero-order chi connectivity index (χ0) is 14.7. The molecule has 0 atom stereocenters. The normalized spacial score (nSPS) is 15.9. The van der Waals surface area contributed by atoms with Gasteiger partial charge >= 0.3 is 0 Å². The van der Waals surface area contributed by atoms with Crippen molar-refractivity contribution in [2.45, 2.75) is 13.3 Å². The molecule has 0 unspecified atom stereocenters. The van der Waals surface area contributed by atoms with Crippen molar-refractivity contribution in [1.82, 2.24) is 4.90 Å². The number of thioether (sulfide) groups is 1. The number of para-hydroxylation sites is 1. The average Bonchev–Trinajstić information content (AvgIpc) is 2.84. The third-order valence-corrected chi connectivity index (χ3v) is 4.81. The lowest BCUT2D eigenvalue weighted by Gasteiger charge is -2.27. The Morgan fingerprint density at radius 1 is 1.32 bits per heavy atom. The van der Waals surface area contributed by atoms with Gasteiger partial charge in [-0.25, -0.2) is 0 Å². The number of halogens is 1. The fourth-order valence-corrected chi connectivity index (χ4v) is 3.61. The fraction of sp³-hybridized carbons (Fsp3) is 0.438. The molecule has 3 rings (SSSR count). The van der Waals surface area contributed by atoms with E-state index in [1.165, 1.54) is 10.9 Å².